The van der Waals surface area contributed by atoms with E-state index in [1.807, 2.05) is 38.2 Å². The molecule has 0 unspecified atom stereocenters. The van der Waals surface area contributed by atoms with Gasteiger partial charge in [0.1, 0.15) is 23.8 Å². The lowest BCUT2D eigenvalue weighted by molar-refractivity contribution is 0.531. The van der Waals surface area contributed by atoms with Gasteiger partial charge in [-0.25, -0.2) is 9.67 Å². The highest BCUT2D eigenvalue weighted by molar-refractivity contribution is 5.73. The number of rotatable bonds is 5. The van der Waals surface area contributed by atoms with Gasteiger partial charge in [-0.05, 0) is 49.9 Å². The van der Waals surface area contributed by atoms with Gasteiger partial charge < -0.3 is 15.5 Å². The van der Waals surface area contributed by atoms with Crippen LogP contribution in [0.4, 0.5) is 23.3 Å². The zero-order chi connectivity index (χ0) is 20.7. The second kappa shape index (κ2) is 5.71. The Morgan fingerprint density at radius 2 is 1.83 bits per heavy atom. The third kappa shape index (κ3) is 2.52. The lowest BCUT2D eigenvalue weighted by atomic mass is 9.88. The molecule has 2 fully saturated rings. The minimum absolute atomic E-state index is 0.0360. The molecule has 3 aromatic rings. The summed E-state index contributed by atoms with van der Waals surface area (Å²) in [7, 11) is 1.94. The summed E-state index contributed by atoms with van der Waals surface area (Å²) in [4.78, 5) is 16.5. The molecule has 2 aliphatic carbocycles. The van der Waals surface area contributed by atoms with Crippen LogP contribution in [0, 0.1) is 12.8 Å². The number of aromatic nitrogens is 5. The fourth-order valence-electron chi connectivity index (χ4n) is 4.84. The largest absolute Gasteiger partial charge is 0.373 e. The summed E-state index contributed by atoms with van der Waals surface area (Å²) >= 11 is 0. The molecule has 0 bridgehead atoms. The number of nitrogens with zero attached hydrogens (tertiary/aromatic N) is 6. The zero-order valence-electron chi connectivity index (χ0n) is 17.8. The summed E-state index contributed by atoms with van der Waals surface area (Å²) in [5.74, 6) is 4.26. The van der Waals surface area contributed by atoms with Crippen LogP contribution in [0.15, 0.2) is 30.6 Å². The molecule has 0 amide bonds. The van der Waals surface area contributed by atoms with E-state index >= 15 is 0 Å². The second-order valence-electron chi connectivity index (χ2n) is 9.43. The minimum Gasteiger partial charge on any atom is -0.373 e. The zero-order valence-corrected chi connectivity index (χ0v) is 17.8. The van der Waals surface area contributed by atoms with E-state index in [0.717, 1.165) is 41.3 Å². The Balaban J connectivity index is 1.33. The summed E-state index contributed by atoms with van der Waals surface area (Å²) in [6, 6.07) is 8.05. The first-order valence-electron chi connectivity index (χ1n) is 10.5. The Morgan fingerprint density at radius 1 is 1.10 bits per heavy atom. The molecule has 3 heterocycles. The second-order valence-corrected chi connectivity index (χ2v) is 9.43. The van der Waals surface area contributed by atoms with E-state index in [1.165, 1.54) is 18.4 Å². The van der Waals surface area contributed by atoms with Crippen molar-refractivity contribution in [3.63, 3.8) is 0 Å². The Labute approximate surface area is 175 Å². The molecule has 30 heavy (non-hydrogen) atoms. The van der Waals surface area contributed by atoms with E-state index in [-0.39, 0.29) is 5.41 Å². The molecule has 1 aliphatic heterocycles. The van der Waals surface area contributed by atoms with Crippen molar-refractivity contribution >= 4 is 23.3 Å². The van der Waals surface area contributed by atoms with Gasteiger partial charge in [0.2, 0.25) is 5.95 Å². The molecule has 6 rings (SSSR count). The van der Waals surface area contributed by atoms with E-state index in [2.05, 4.69) is 39.5 Å². The summed E-state index contributed by atoms with van der Waals surface area (Å²) < 4.78 is 1.77. The first kappa shape index (κ1) is 17.7. The fraction of sp³-hybridized carbons (Fsp3) is 0.455. The topological polar surface area (TPSA) is 83.8 Å². The normalized spacial score (nSPS) is 24.9. The fourth-order valence-corrected chi connectivity index (χ4v) is 4.84. The Morgan fingerprint density at radius 3 is 2.43 bits per heavy atom. The molecular weight excluding hydrogens is 376 g/mol. The van der Waals surface area contributed by atoms with Crippen LogP contribution in [0.2, 0.25) is 0 Å². The molecule has 0 saturated heterocycles. The van der Waals surface area contributed by atoms with Crippen LogP contribution in [0.3, 0.4) is 0 Å². The van der Waals surface area contributed by atoms with Crippen LogP contribution in [-0.4, -0.2) is 43.9 Å². The molecule has 3 aliphatic rings. The molecule has 2 N–H and O–H groups in total. The number of hydrogen-bond donors (Lipinski definition) is 2. The van der Waals surface area contributed by atoms with Crippen molar-refractivity contribution in [2.24, 2.45) is 5.92 Å². The number of fused-ring (bicyclic) bond motifs is 2. The van der Waals surface area contributed by atoms with Crippen LogP contribution in [0.25, 0.3) is 5.69 Å². The number of benzene rings is 1. The molecule has 154 valence electrons. The molecule has 1 aromatic carbocycles. The maximum Gasteiger partial charge on any atom is 0.231 e. The van der Waals surface area contributed by atoms with Crippen molar-refractivity contribution in [3.8, 4) is 5.69 Å². The highest BCUT2D eigenvalue weighted by Crippen LogP contribution is 2.72. The standard InChI is InChI=1S/C22H26N8/c1-13-24-12-30(28-13)16-7-5-15(6-8-16)25-20-26-18(23-4)17-19(27-20)29(11-21(17,2)3)22-9-14(22)10-22/h5-8,12,14H,9-11H2,1-4H3,(H2,23,25,26,27). The Hall–Kier alpha value is -3.16. The summed E-state index contributed by atoms with van der Waals surface area (Å²) in [5.41, 5.74) is 3.56. The van der Waals surface area contributed by atoms with Gasteiger partial charge in [0.25, 0.3) is 0 Å². The first-order chi connectivity index (χ1) is 14.4. The number of anilines is 4. The van der Waals surface area contributed by atoms with E-state index in [0.29, 0.717) is 11.5 Å². The number of aryl methyl sites for hydroxylation is 1. The smallest absolute Gasteiger partial charge is 0.231 e. The molecular formula is C22H26N8. The molecule has 0 spiro atoms. The third-order valence-corrected chi connectivity index (χ3v) is 6.78. The SMILES string of the molecule is CNc1nc(Nc2ccc(-n3cnc(C)n3)cc2)nc2c1C(C)(C)CN2C12CC1C2. The lowest BCUT2D eigenvalue weighted by Crippen LogP contribution is -2.34. The minimum atomic E-state index is 0.0360. The summed E-state index contributed by atoms with van der Waals surface area (Å²) in [6.07, 6.45) is 4.35. The van der Waals surface area contributed by atoms with E-state index in [9.17, 15) is 0 Å². The highest BCUT2D eigenvalue weighted by atomic mass is 15.4. The number of nitrogens with one attached hydrogen (secondary N) is 2. The van der Waals surface area contributed by atoms with Crippen molar-refractivity contribution < 1.29 is 0 Å². The predicted octanol–water partition coefficient (Wildman–Crippen LogP) is 3.41. The van der Waals surface area contributed by atoms with Crippen LogP contribution in [0.5, 0.6) is 0 Å². The maximum atomic E-state index is 4.99. The average Bonchev–Trinajstić information content (AvgIpc) is 3.51. The van der Waals surface area contributed by atoms with E-state index in [4.69, 9.17) is 9.97 Å². The van der Waals surface area contributed by atoms with Gasteiger partial charge in [-0.15, -0.1) is 0 Å². The predicted molar refractivity (Wildman–Crippen MR) is 117 cm³/mol. The van der Waals surface area contributed by atoms with Crippen molar-refractivity contribution in [2.75, 3.05) is 29.1 Å². The average molecular weight is 403 g/mol. The van der Waals surface area contributed by atoms with Gasteiger partial charge in [0, 0.05) is 35.8 Å². The monoisotopic (exact) mass is 402 g/mol. The quantitative estimate of drug-likeness (QED) is 0.676. The van der Waals surface area contributed by atoms with E-state index < -0.39 is 0 Å². The van der Waals surface area contributed by atoms with Crippen molar-refractivity contribution in [1.29, 1.82) is 0 Å². The van der Waals surface area contributed by atoms with Gasteiger partial charge in [-0.1, -0.05) is 13.8 Å². The summed E-state index contributed by atoms with van der Waals surface area (Å²) in [5, 5.41) is 11.1. The first-order valence-corrected chi connectivity index (χ1v) is 10.5. The Kier molecular flexibility index (Phi) is 3.36. The van der Waals surface area contributed by atoms with Crippen molar-refractivity contribution in [1.82, 2.24) is 24.7 Å². The molecule has 0 atom stereocenters. The van der Waals surface area contributed by atoms with Crippen LogP contribution < -0.4 is 15.5 Å². The van der Waals surface area contributed by atoms with Gasteiger partial charge >= 0.3 is 0 Å². The molecule has 8 nitrogen and oxygen atoms in total. The van der Waals surface area contributed by atoms with Crippen molar-refractivity contribution in [3.05, 3.63) is 42.0 Å². The molecule has 2 saturated carbocycles. The molecule has 0 radical (unpaired) electrons. The van der Waals surface area contributed by atoms with Crippen LogP contribution >= 0.6 is 0 Å². The molecule has 2 aromatic heterocycles. The lowest BCUT2D eigenvalue weighted by Gasteiger charge is -2.24. The van der Waals surface area contributed by atoms with Gasteiger partial charge in [-0.2, -0.15) is 15.1 Å². The van der Waals surface area contributed by atoms with Gasteiger partial charge in [0.05, 0.1) is 5.69 Å². The summed E-state index contributed by atoms with van der Waals surface area (Å²) in [6.45, 7) is 7.48. The molecule has 8 heteroatoms. The van der Waals surface area contributed by atoms with Gasteiger partial charge in [-0.3, -0.25) is 0 Å². The van der Waals surface area contributed by atoms with Crippen LogP contribution in [-0.2, 0) is 5.41 Å². The maximum absolute atomic E-state index is 4.99. The van der Waals surface area contributed by atoms with Crippen molar-refractivity contribution in [2.45, 2.75) is 44.6 Å². The van der Waals surface area contributed by atoms with Gasteiger partial charge in [0.15, 0.2) is 0 Å². The highest BCUT2D eigenvalue weighted by Gasteiger charge is 2.74. The Bertz CT molecular complexity index is 1140. The number of hydrogen-bond acceptors (Lipinski definition) is 7. The third-order valence-electron chi connectivity index (χ3n) is 6.78. The van der Waals surface area contributed by atoms with E-state index in [1.54, 1.807) is 11.0 Å². The van der Waals surface area contributed by atoms with Crippen LogP contribution in [0.1, 0.15) is 38.1 Å².